The van der Waals surface area contributed by atoms with E-state index in [9.17, 15) is 9.59 Å². The Morgan fingerprint density at radius 3 is 2.67 bits per heavy atom. The van der Waals surface area contributed by atoms with Crippen LogP contribution in [0.5, 0.6) is 0 Å². The predicted molar refractivity (Wildman–Crippen MR) is 98.4 cm³/mol. The van der Waals surface area contributed by atoms with Gasteiger partial charge in [-0.1, -0.05) is 6.92 Å². The third-order valence-electron chi connectivity index (χ3n) is 4.83. The maximum absolute atomic E-state index is 12.6. The number of carbonyl (C=O) groups excluding carboxylic acids is 2. The van der Waals surface area contributed by atoms with Crippen molar-refractivity contribution in [2.45, 2.75) is 32.7 Å². The fourth-order valence-electron chi connectivity index (χ4n) is 3.11. The van der Waals surface area contributed by atoms with Gasteiger partial charge in [-0.15, -0.1) is 11.8 Å². The Morgan fingerprint density at radius 2 is 2.04 bits per heavy atom. The van der Waals surface area contributed by atoms with E-state index in [-0.39, 0.29) is 17.9 Å². The van der Waals surface area contributed by atoms with Gasteiger partial charge in [-0.05, 0) is 49.4 Å². The molecule has 1 aromatic rings. The molecule has 0 aliphatic carbocycles. The average molecular weight is 347 g/mol. The zero-order chi connectivity index (χ0) is 17.1. The molecule has 5 nitrogen and oxygen atoms in total. The number of piperidine rings is 1. The second-order valence-electron chi connectivity index (χ2n) is 6.77. The summed E-state index contributed by atoms with van der Waals surface area (Å²) in [6.07, 6.45) is 2.15. The summed E-state index contributed by atoms with van der Waals surface area (Å²) in [6, 6.07) is 5.41. The summed E-state index contributed by atoms with van der Waals surface area (Å²) in [5.74, 6) is 2.41. The molecule has 0 saturated carbocycles. The smallest absolute Gasteiger partial charge is 0.253 e. The van der Waals surface area contributed by atoms with Crippen LogP contribution in [0.4, 0.5) is 5.69 Å². The van der Waals surface area contributed by atoms with Crippen molar-refractivity contribution >= 4 is 29.3 Å². The van der Waals surface area contributed by atoms with Crippen molar-refractivity contribution in [1.29, 1.82) is 0 Å². The van der Waals surface area contributed by atoms with E-state index in [2.05, 4.69) is 17.6 Å². The molecular formula is C18H25N3O2S. The lowest BCUT2D eigenvalue weighted by Gasteiger charge is -2.30. The van der Waals surface area contributed by atoms with E-state index in [1.807, 2.05) is 30.0 Å². The van der Waals surface area contributed by atoms with Crippen LogP contribution >= 0.6 is 11.8 Å². The largest absolute Gasteiger partial charge is 0.339 e. The quantitative estimate of drug-likeness (QED) is 0.882. The van der Waals surface area contributed by atoms with E-state index >= 15 is 0 Å². The summed E-state index contributed by atoms with van der Waals surface area (Å²) < 4.78 is 0. The lowest BCUT2D eigenvalue weighted by Crippen LogP contribution is -2.38. The van der Waals surface area contributed by atoms with E-state index in [0.717, 1.165) is 48.8 Å². The van der Waals surface area contributed by atoms with Crippen LogP contribution in [0.3, 0.4) is 0 Å². The number of rotatable bonds is 3. The van der Waals surface area contributed by atoms with Crippen molar-refractivity contribution in [1.82, 2.24) is 10.2 Å². The number of benzene rings is 1. The maximum atomic E-state index is 12.6. The molecule has 1 aromatic carbocycles. The van der Waals surface area contributed by atoms with E-state index in [1.165, 1.54) is 0 Å². The van der Waals surface area contributed by atoms with E-state index in [0.29, 0.717) is 11.5 Å². The molecule has 0 radical (unpaired) electrons. The lowest BCUT2D eigenvalue weighted by molar-refractivity contribution is -0.117. The molecule has 2 N–H and O–H groups in total. The summed E-state index contributed by atoms with van der Waals surface area (Å²) in [5, 5.41) is 6.13. The number of nitrogens with zero attached hydrogens (tertiary/aromatic N) is 1. The molecule has 6 heteroatoms. The molecule has 24 heavy (non-hydrogen) atoms. The van der Waals surface area contributed by atoms with Gasteiger partial charge in [0.2, 0.25) is 5.91 Å². The third-order valence-corrected chi connectivity index (χ3v) is 5.77. The van der Waals surface area contributed by atoms with Gasteiger partial charge in [0.25, 0.3) is 5.91 Å². The number of aryl methyl sites for hydroxylation is 1. The van der Waals surface area contributed by atoms with Gasteiger partial charge in [-0.2, -0.15) is 0 Å². The minimum Gasteiger partial charge on any atom is -0.339 e. The minimum absolute atomic E-state index is 0.00723. The fraction of sp³-hybridized carbons (Fsp3) is 0.556. The lowest BCUT2D eigenvalue weighted by atomic mass is 9.98. The van der Waals surface area contributed by atoms with E-state index in [1.54, 1.807) is 11.8 Å². The highest BCUT2D eigenvalue weighted by Crippen LogP contribution is 2.22. The van der Waals surface area contributed by atoms with Crippen LogP contribution in [0.15, 0.2) is 18.2 Å². The molecule has 0 aromatic heterocycles. The molecule has 1 atom stereocenters. The molecule has 2 aliphatic heterocycles. The van der Waals surface area contributed by atoms with Crippen molar-refractivity contribution in [2.75, 3.05) is 30.0 Å². The van der Waals surface area contributed by atoms with Crippen LogP contribution < -0.4 is 10.6 Å². The Labute approximate surface area is 147 Å². The van der Waals surface area contributed by atoms with E-state index in [4.69, 9.17) is 0 Å². The SMILES string of the molecule is Cc1cc(C(=O)N2CCC(C)CC2)ccc1NC(=O)C1CSCN1. The number of nitrogens with one attached hydrogen (secondary N) is 2. The first-order valence-corrected chi connectivity index (χ1v) is 9.72. The van der Waals surface area contributed by atoms with Gasteiger partial charge in [0.05, 0.1) is 6.04 Å². The topological polar surface area (TPSA) is 61.4 Å². The number of likely N-dealkylation sites (tertiary alicyclic amines) is 1. The molecule has 130 valence electrons. The number of carbonyl (C=O) groups is 2. The number of thioether (sulfide) groups is 1. The minimum atomic E-state index is -0.133. The van der Waals surface area contributed by atoms with Crippen LogP contribution in [0.25, 0.3) is 0 Å². The van der Waals surface area contributed by atoms with Crippen molar-refractivity contribution < 1.29 is 9.59 Å². The third kappa shape index (κ3) is 3.92. The van der Waals surface area contributed by atoms with Gasteiger partial charge in [0.15, 0.2) is 0 Å². The Morgan fingerprint density at radius 1 is 1.29 bits per heavy atom. The summed E-state index contributed by atoms with van der Waals surface area (Å²) in [5.41, 5.74) is 2.40. The molecule has 1 unspecified atom stereocenters. The molecule has 2 heterocycles. The number of amides is 2. The van der Waals surface area contributed by atoms with Crippen LogP contribution in [-0.4, -0.2) is 47.5 Å². The zero-order valence-electron chi connectivity index (χ0n) is 14.3. The highest BCUT2D eigenvalue weighted by atomic mass is 32.2. The zero-order valence-corrected chi connectivity index (χ0v) is 15.1. The van der Waals surface area contributed by atoms with Crippen LogP contribution in [-0.2, 0) is 4.79 Å². The number of hydrogen-bond acceptors (Lipinski definition) is 4. The normalized spacial score (nSPS) is 21.8. The average Bonchev–Trinajstić information content (AvgIpc) is 3.11. The Balaban J connectivity index is 1.65. The van der Waals surface area contributed by atoms with Gasteiger partial charge in [0, 0.05) is 36.0 Å². The number of anilines is 1. The van der Waals surface area contributed by atoms with E-state index < -0.39 is 0 Å². The Kier molecular flexibility index (Phi) is 5.46. The maximum Gasteiger partial charge on any atom is 0.253 e. The van der Waals surface area contributed by atoms with Crippen LogP contribution in [0.1, 0.15) is 35.7 Å². The Hall–Kier alpha value is -1.53. The molecular weight excluding hydrogens is 322 g/mol. The molecule has 0 spiro atoms. The van der Waals surface area contributed by atoms with Crippen molar-refractivity contribution in [3.05, 3.63) is 29.3 Å². The highest BCUT2D eigenvalue weighted by molar-refractivity contribution is 7.99. The molecule has 3 rings (SSSR count). The first-order chi connectivity index (χ1) is 11.5. The first kappa shape index (κ1) is 17.3. The fourth-order valence-corrected chi connectivity index (χ4v) is 4.06. The van der Waals surface area contributed by atoms with Gasteiger partial charge < -0.3 is 10.2 Å². The molecule has 2 amide bonds. The molecule has 2 fully saturated rings. The highest BCUT2D eigenvalue weighted by Gasteiger charge is 2.24. The van der Waals surface area contributed by atoms with Crippen molar-refractivity contribution in [3.8, 4) is 0 Å². The van der Waals surface area contributed by atoms with Gasteiger partial charge in [-0.25, -0.2) is 0 Å². The Bertz CT molecular complexity index is 621. The van der Waals surface area contributed by atoms with Gasteiger partial charge in [-0.3, -0.25) is 14.9 Å². The van der Waals surface area contributed by atoms with Crippen molar-refractivity contribution in [2.24, 2.45) is 5.92 Å². The predicted octanol–water partition coefficient (Wildman–Crippen LogP) is 2.47. The molecule has 2 aliphatic rings. The second kappa shape index (κ2) is 7.57. The number of hydrogen-bond donors (Lipinski definition) is 2. The summed E-state index contributed by atoms with van der Waals surface area (Å²) >= 11 is 1.73. The second-order valence-corrected chi connectivity index (χ2v) is 7.80. The monoisotopic (exact) mass is 347 g/mol. The summed E-state index contributed by atoms with van der Waals surface area (Å²) in [7, 11) is 0. The first-order valence-electron chi connectivity index (χ1n) is 8.56. The van der Waals surface area contributed by atoms with Crippen LogP contribution in [0.2, 0.25) is 0 Å². The molecule has 2 saturated heterocycles. The van der Waals surface area contributed by atoms with Crippen LogP contribution in [0, 0.1) is 12.8 Å². The molecule has 0 bridgehead atoms. The van der Waals surface area contributed by atoms with Crippen molar-refractivity contribution in [3.63, 3.8) is 0 Å². The van der Waals surface area contributed by atoms with Gasteiger partial charge in [0.1, 0.15) is 0 Å². The summed E-state index contributed by atoms with van der Waals surface area (Å²) in [4.78, 5) is 26.8. The van der Waals surface area contributed by atoms with Gasteiger partial charge >= 0.3 is 0 Å². The standard InChI is InChI=1S/C18H25N3O2S/c1-12-5-7-21(8-6-12)18(23)14-3-4-15(13(2)9-14)20-17(22)16-10-24-11-19-16/h3-4,9,12,16,19H,5-8,10-11H2,1-2H3,(H,20,22). The summed E-state index contributed by atoms with van der Waals surface area (Å²) in [6.45, 7) is 5.84.